The molecule has 1 aromatic carbocycles. The second kappa shape index (κ2) is 5.83. The van der Waals surface area contributed by atoms with Crippen molar-refractivity contribution < 1.29 is 9.59 Å². The van der Waals surface area contributed by atoms with Gasteiger partial charge in [0, 0.05) is 26.1 Å². The number of aromatic nitrogens is 1. The third kappa shape index (κ3) is 3.03. The summed E-state index contributed by atoms with van der Waals surface area (Å²) in [4.78, 5) is 26.9. The molecular weight excluding hydrogens is 274 g/mol. The number of hydrogen-bond donors (Lipinski definition) is 1. The fraction of sp³-hybridized carbons (Fsp3) is 0.214. The van der Waals surface area contributed by atoms with Gasteiger partial charge >= 0.3 is 0 Å². The molecule has 0 saturated heterocycles. The number of carbonyl (C=O) groups is 2. The smallest absolute Gasteiger partial charge is 0.245 e. The van der Waals surface area contributed by atoms with Crippen LogP contribution >= 0.6 is 11.3 Å². The Balaban J connectivity index is 2.63. The molecule has 2 rings (SSSR count). The number of carbonyl (C=O) groups excluding carboxylic acids is 2. The Morgan fingerprint density at radius 1 is 1.45 bits per heavy atom. The van der Waals surface area contributed by atoms with E-state index in [9.17, 15) is 9.59 Å². The van der Waals surface area contributed by atoms with Gasteiger partial charge in [-0.25, -0.2) is 0 Å². The van der Waals surface area contributed by atoms with Gasteiger partial charge in [0.05, 0.1) is 10.2 Å². The normalized spacial score (nSPS) is 11.6. The number of benzene rings is 1. The minimum Gasteiger partial charge on any atom is -0.326 e. The molecule has 0 aliphatic rings. The topological polar surface area (TPSA) is 63.5 Å². The molecule has 0 saturated carbocycles. The Kier molecular flexibility index (Phi) is 4.14. The van der Waals surface area contributed by atoms with Gasteiger partial charge in [0.2, 0.25) is 11.8 Å². The lowest BCUT2D eigenvalue weighted by atomic mass is 10.3. The molecular formula is C14H15N3O2S. The Morgan fingerprint density at radius 3 is 2.80 bits per heavy atom. The minimum atomic E-state index is -0.239. The van der Waals surface area contributed by atoms with Crippen molar-refractivity contribution in [2.24, 2.45) is 4.99 Å². The first-order valence-corrected chi connectivity index (χ1v) is 6.90. The standard InChI is InChI=1S/C14H15N3O2S/c1-4-7-17-12-6-5-11(15-9(2)18)8-13(12)20-14(17)16-10(3)19/h4-6,8H,1,7H2,2-3H3,(H,15,18). The molecule has 1 aromatic heterocycles. The Bertz CT molecular complexity index is 755. The second-order valence-electron chi connectivity index (χ2n) is 4.28. The van der Waals surface area contributed by atoms with Crippen molar-refractivity contribution in [3.05, 3.63) is 35.7 Å². The van der Waals surface area contributed by atoms with Crippen molar-refractivity contribution in [1.82, 2.24) is 4.57 Å². The van der Waals surface area contributed by atoms with Gasteiger partial charge in [-0.1, -0.05) is 17.4 Å². The molecule has 0 spiro atoms. The summed E-state index contributed by atoms with van der Waals surface area (Å²) in [7, 11) is 0. The lowest BCUT2D eigenvalue weighted by molar-refractivity contribution is -0.116. The molecule has 1 N–H and O–H groups in total. The summed E-state index contributed by atoms with van der Waals surface area (Å²) in [5, 5.41) is 2.74. The highest BCUT2D eigenvalue weighted by atomic mass is 32.1. The largest absolute Gasteiger partial charge is 0.326 e. The zero-order chi connectivity index (χ0) is 14.7. The number of amides is 2. The van der Waals surface area contributed by atoms with E-state index in [1.54, 1.807) is 6.08 Å². The van der Waals surface area contributed by atoms with Gasteiger partial charge in [0.15, 0.2) is 4.80 Å². The van der Waals surface area contributed by atoms with E-state index >= 15 is 0 Å². The fourth-order valence-electron chi connectivity index (χ4n) is 1.88. The van der Waals surface area contributed by atoms with Crippen molar-refractivity contribution in [2.75, 3.05) is 5.32 Å². The Morgan fingerprint density at radius 2 is 2.20 bits per heavy atom. The van der Waals surface area contributed by atoms with E-state index in [0.717, 1.165) is 15.9 Å². The highest BCUT2D eigenvalue weighted by Crippen LogP contribution is 2.22. The molecule has 0 aliphatic heterocycles. The third-order valence-corrected chi connectivity index (χ3v) is 3.61. The summed E-state index contributed by atoms with van der Waals surface area (Å²) in [5.41, 5.74) is 1.69. The molecule has 0 unspecified atom stereocenters. The molecule has 0 atom stereocenters. The SMILES string of the molecule is C=CCn1c(=NC(C)=O)sc2cc(NC(C)=O)ccc21. The van der Waals surface area contributed by atoms with Crippen LogP contribution in [0.25, 0.3) is 10.2 Å². The summed E-state index contributed by atoms with van der Waals surface area (Å²) < 4.78 is 2.88. The number of anilines is 1. The third-order valence-electron chi connectivity index (χ3n) is 2.57. The predicted molar refractivity (Wildman–Crippen MR) is 80.6 cm³/mol. The van der Waals surface area contributed by atoms with Gasteiger partial charge in [-0.3, -0.25) is 9.59 Å². The van der Waals surface area contributed by atoms with E-state index < -0.39 is 0 Å². The zero-order valence-corrected chi connectivity index (χ0v) is 12.2. The molecule has 2 aromatic rings. The van der Waals surface area contributed by atoms with Crippen molar-refractivity contribution in [2.45, 2.75) is 20.4 Å². The molecule has 5 nitrogen and oxygen atoms in total. The number of thiazole rings is 1. The molecule has 20 heavy (non-hydrogen) atoms. The Hall–Kier alpha value is -2.21. The van der Waals surface area contributed by atoms with Gasteiger partial charge in [0.25, 0.3) is 0 Å². The van der Waals surface area contributed by atoms with E-state index in [1.165, 1.54) is 25.2 Å². The summed E-state index contributed by atoms with van der Waals surface area (Å²) >= 11 is 1.41. The van der Waals surface area contributed by atoms with Gasteiger partial charge in [0.1, 0.15) is 0 Å². The van der Waals surface area contributed by atoms with E-state index in [1.807, 2.05) is 22.8 Å². The van der Waals surface area contributed by atoms with E-state index in [4.69, 9.17) is 0 Å². The number of allylic oxidation sites excluding steroid dienone is 1. The van der Waals surface area contributed by atoms with E-state index in [2.05, 4.69) is 16.9 Å². The fourth-order valence-corrected chi connectivity index (χ4v) is 3.00. The van der Waals surface area contributed by atoms with Crippen LogP contribution < -0.4 is 10.1 Å². The molecule has 1 heterocycles. The van der Waals surface area contributed by atoms with Crippen LogP contribution in [-0.2, 0) is 16.1 Å². The van der Waals surface area contributed by atoms with E-state index in [0.29, 0.717) is 11.3 Å². The van der Waals surface area contributed by atoms with Crippen molar-refractivity contribution in [3.63, 3.8) is 0 Å². The molecule has 2 amide bonds. The minimum absolute atomic E-state index is 0.117. The van der Waals surface area contributed by atoms with Gasteiger partial charge < -0.3 is 9.88 Å². The molecule has 0 aliphatic carbocycles. The van der Waals surface area contributed by atoms with Crippen molar-refractivity contribution >= 4 is 39.1 Å². The Labute approximate surface area is 120 Å². The first-order valence-electron chi connectivity index (χ1n) is 6.08. The van der Waals surface area contributed by atoms with Crippen LogP contribution in [0.1, 0.15) is 13.8 Å². The van der Waals surface area contributed by atoms with Crippen LogP contribution in [-0.4, -0.2) is 16.4 Å². The van der Waals surface area contributed by atoms with Crippen LogP contribution in [0.2, 0.25) is 0 Å². The number of fused-ring (bicyclic) bond motifs is 1. The zero-order valence-electron chi connectivity index (χ0n) is 11.3. The molecule has 6 heteroatoms. The number of rotatable bonds is 3. The summed E-state index contributed by atoms with van der Waals surface area (Å²) in [6.07, 6.45) is 1.76. The average molecular weight is 289 g/mol. The van der Waals surface area contributed by atoms with Crippen molar-refractivity contribution in [3.8, 4) is 0 Å². The van der Waals surface area contributed by atoms with Crippen molar-refractivity contribution in [1.29, 1.82) is 0 Å². The average Bonchev–Trinajstić information content (AvgIpc) is 2.65. The summed E-state index contributed by atoms with van der Waals surface area (Å²) in [5.74, 6) is -0.357. The number of nitrogens with one attached hydrogen (secondary N) is 1. The maximum Gasteiger partial charge on any atom is 0.245 e. The lowest BCUT2D eigenvalue weighted by Gasteiger charge is -2.03. The lowest BCUT2D eigenvalue weighted by Crippen LogP contribution is -2.15. The number of hydrogen-bond acceptors (Lipinski definition) is 3. The van der Waals surface area contributed by atoms with E-state index in [-0.39, 0.29) is 11.8 Å². The first-order chi connectivity index (χ1) is 9.51. The summed E-state index contributed by atoms with van der Waals surface area (Å²) in [6.45, 7) is 7.18. The summed E-state index contributed by atoms with van der Waals surface area (Å²) in [6, 6.07) is 5.60. The van der Waals surface area contributed by atoms with Gasteiger partial charge in [-0.2, -0.15) is 4.99 Å². The van der Waals surface area contributed by atoms with Gasteiger partial charge in [-0.05, 0) is 18.2 Å². The molecule has 0 radical (unpaired) electrons. The maximum atomic E-state index is 11.2. The quantitative estimate of drug-likeness (QED) is 0.881. The molecule has 0 bridgehead atoms. The molecule has 0 fully saturated rings. The first kappa shape index (κ1) is 14.2. The van der Waals surface area contributed by atoms with Crippen LogP contribution in [0.15, 0.2) is 35.8 Å². The monoisotopic (exact) mass is 289 g/mol. The highest BCUT2D eigenvalue weighted by Gasteiger charge is 2.07. The van der Waals surface area contributed by atoms with Crippen LogP contribution in [0.5, 0.6) is 0 Å². The van der Waals surface area contributed by atoms with Crippen LogP contribution in [0.3, 0.4) is 0 Å². The van der Waals surface area contributed by atoms with Gasteiger partial charge in [-0.15, -0.1) is 6.58 Å². The predicted octanol–water partition coefficient (Wildman–Crippen LogP) is 2.29. The van der Waals surface area contributed by atoms with Crippen LogP contribution in [0.4, 0.5) is 5.69 Å². The highest BCUT2D eigenvalue weighted by molar-refractivity contribution is 7.16. The number of nitrogens with zero attached hydrogens (tertiary/aromatic N) is 2. The molecule has 104 valence electrons. The maximum absolute atomic E-state index is 11.2. The second-order valence-corrected chi connectivity index (χ2v) is 5.29. The van der Waals surface area contributed by atoms with Crippen LogP contribution in [0, 0.1) is 0 Å².